The highest BCUT2D eigenvalue weighted by Gasteiger charge is 2.66. The molecule has 0 aromatic heterocycles. The number of methoxy groups -OCH3 is 1. The fraction of sp³-hybridized carbons (Fsp3) is 0.468. The molecule has 14 nitrogen and oxygen atoms in total. The van der Waals surface area contributed by atoms with Gasteiger partial charge in [0.1, 0.15) is 30.1 Å². The van der Waals surface area contributed by atoms with Crippen LogP contribution in [0.4, 0.5) is 5.69 Å². The number of carbonyl (C=O) groups excluding carboxylic acids is 2. The monoisotopic (exact) mass is 873 g/mol. The Hall–Kier alpha value is -5.06. The number of rotatable bonds is 22. The van der Waals surface area contributed by atoms with E-state index in [9.17, 15) is 19.8 Å². The number of nitrogens with one attached hydrogen (secondary N) is 1. The summed E-state index contributed by atoms with van der Waals surface area (Å²) in [6.07, 6.45) is 9.32. The summed E-state index contributed by atoms with van der Waals surface area (Å²) >= 11 is 0. The molecule has 0 radical (unpaired) electrons. The van der Waals surface area contributed by atoms with Crippen molar-refractivity contribution in [1.29, 1.82) is 0 Å². The zero-order chi connectivity index (χ0) is 44.4. The van der Waals surface area contributed by atoms with Gasteiger partial charge in [-0.25, -0.2) is 8.42 Å². The van der Waals surface area contributed by atoms with Crippen LogP contribution in [-0.4, -0.2) is 93.3 Å². The number of aliphatic hydroxyl groups excluding tert-OH is 2. The second-order valence-electron chi connectivity index (χ2n) is 15.9. The maximum absolute atomic E-state index is 15.1. The van der Waals surface area contributed by atoms with Crippen LogP contribution in [0, 0.1) is 17.8 Å². The normalized spacial score (nSPS) is 23.4. The van der Waals surface area contributed by atoms with Crippen LogP contribution in [0.1, 0.15) is 87.1 Å². The van der Waals surface area contributed by atoms with Gasteiger partial charge in [-0.3, -0.25) is 9.59 Å². The van der Waals surface area contributed by atoms with Crippen molar-refractivity contribution in [3.63, 3.8) is 0 Å². The van der Waals surface area contributed by atoms with Crippen molar-refractivity contribution < 1.29 is 52.0 Å². The molecule has 0 unspecified atom stereocenters. The largest absolute Gasteiger partial charge is 0.496 e. The molecule has 62 heavy (non-hydrogen) atoms. The zero-order valence-corrected chi connectivity index (χ0v) is 36.8. The molecule has 6 rings (SSSR count). The summed E-state index contributed by atoms with van der Waals surface area (Å²) in [4.78, 5) is 29.3. The lowest BCUT2D eigenvalue weighted by atomic mass is 9.55. The van der Waals surface area contributed by atoms with E-state index in [1.54, 1.807) is 42.5 Å². The molecule has 1 fully saturated rings. The number of ether oxygens (including phenoxy) is 4. The number of allylic oxidation sites excluding steroid dienone is 1. The number of unbranched alkanes of at least 4 members (excludes halogenated alkanes) is 2. The first-order valence-electron chi connectivity index (χ1n) is 21.3. The van der Waals surface area contributed by atoms with Gasteiger partial charge >= 0.3 is 0 Å². The predicted molar refractivity (Wildman–Crippen MR) is 235 cm³/mol. The van der Waals surface area contributed by atoms with Crippen LogP contribution >= 0.6 is 0 Å². The summed E-state index contributed by atoms with van der Waals surface area (Å²) in [5.74, 6) is -1.07. The highest BCUT2D eigenvalue weighted by molar-refractivity contribution is 7.89. The number of nitrogens with zero attached hydrogens (tertiary/aromatic N) is 2. The van der Waals surface area contributed by atoms with Gasteiger partial charge in [0, 0.05) is 50.3 Å². The van der Waals surface area contributed by atoms with E-state index in [2.05, 4.69) is 23.1 Å². The topological polar surface area (TPSA) is 183 Å². The standard InChI is InChI=1S/C47H59N3O11S/c1-6-22-50(62(55,56)37-18-14-34(15-19-37)48-31(3)54)44-29-41(49-58-5)39-27-32(12-8-10-23-51)38(13-9-11-24-52)45-40-28-36(60-35-16-20-42(57-4)33(26-35)30-53)17-21-43(40)61-47(44,46(39)45)59-25-7-2/h7,14-21,26-28,30,32,38,44-46,51-52H,2,6,8-13,22-25,29H2,1,3-5H3,(H,48,54)/t32-,38+,44-,45+,46+,47+/m0/s1. The van der Waals surface area contributed by atoms with Gasteiger partial charge in [-0.05, 0) is 110 Å². The Labute approximate surface area is 364 Å². The van der Waals surface area contributed by atoms with Gasteiger partial charge in [0.25, 0.3) is 0 Å². The molecule has 6 atom stereocenters. The van der Waals surface area contributed by atoms with E-state index in [4.69, 9.17) is 23.8 Å². The number of benzene rings is 3. The van der Waals surface area contributed by atoms with Crippen LogP contribution in [0.3, 0.4) is 0 Å². The van der Waals surface area contributed by atoms with E-state index in [-0.39, 0.29) is 61.3 Å². The van der Waals surface area contributed by atoms with E-state index in [1.165, 1.54) is 37.6 Å². The summed E-state index contributed by atoms with van der Waals surface area (Å²) in [6.45, 7) is 7.53. The van der Waals surface area contributed by atoms with Gasteiger partial charge in [-0.1, -0.05) is 37.1 Å². The van der Waals surface area contributed by atoms with Gasteiger partial charge in [0.05, 0.1) is 41.8 Å². The number of amides is 1. The Balaban J connectivity index is 1.59. The Kier molecular flexibility index (Phi) is 15.6. The molecule has 3 aliphatic rings. The summed E-state index contributed by atoms with van der Waals surface area (Å²) in [6, 6.07) is 15.7. The Morgan fingerprint density at radius 3 is 2.37 bits per heavy atom. The number of aldehydes is 1. The van der Waals surface area contributed by atoms with Gasteiger partial charge in [-0.15, -0.1) is 6.58 Å². The van der Waals surface area contributed by atoms with E-state index >= 15 is 8.42 Å². The minimum Gasteiger partial charge on any atom is -0.496 e. The molecule has 0 spiro atoms. The van der Waals surface area contributed by atoms with Crippen molar-refractivity contribution in [1.82, 2.24) is 4.31 Å². The second kappa shape index (κ2) is 20.9. The number of oxime groups is 1. The highest BCUT2D eigenvalue weighted by atomic mass is 32.2. The SMILES string of the molecule is C=CCO[C@@]12Oc3ccc(Oc4ccc(OC)c(C=O)c4)cc3[C@H]3[C@H](CCCCO)[C@@H](CCCCO)C=C(C(=NOC)C[C@@H]1N(CCC)S(=O)(=O)c1ccc(NC(C)=O)cc1)[C@H]32. The molecule has 2 aliphatic carbocycles. The lowest BCUT2D eigenvalue weighted by molar-refractivity contribution is -0.251. The third kappa shape index (κ3) is 9.61. The average Bonchev–Trinajstić information content (AvgIpc) is 3.26. The van der Waals surface area contributed by atoms with Crippen LogP contribution in [0.15, 0.2) is 95.0 Å². The number of anilines is 1. The number of fused-ring (bicyclic) bond motifs is 2. The van der Waals surface area contributed by atoms with Gasteiger partial charge < -0.3 is 39.3 Å². The summed E-state index contributed by atoms with van der Waals surface area (Å²) in [5.41, 5.74) is 3.03. The Morgan fingerprint density at radius 1 is 1.02 bits per heavy atom. The van der Waals surface area contributed by atoms with Crippen LogP contribution < -0.4 is 19.5 Å². The van der Waals surface area contributed by atoms with Crippen LogP contribution in [0.2, 0.25) is 0 Å². The fourth-order valence-electron chi connectivity index (χ4n) is 9.51. The van der Waals surface area contributed by atoms with Crippen LogP contribution in [0.5, 0.6) is 23.0 Å². The van der Waals surface area contributed by atoms with Crippen molar-refractivity contribution in [3.8, 4) is 23.0 Å². The first-order valence-corrected chi connectivity index (χ1v) is 22.8. The fourth-order valence-corrected chi connectivity index (χ4v) is 11.2. The van der Waals surface area contributed by atoms with Crippen molar-refractivity contribution in [2.75, 3.05) is 45.9 Å². The maximum atomic E-state index is 15.1. The molecule has 3 N–H and O–H groups in total. The molecule has 3 aromatic rings. The average molecular weight is 874 g/mol. The number of carbonyl (C=O) groups is 2. The number of hydrogen-bond donors (Lipinski definition) is 3. The van der Waals surface area contributed by atoms with E-state index in [1.807, 2.05) is 19.1 Å². The Bertz CT molecular complexity index is 2230. The zero-order valence-electron chi connectivity index (χ0n) is 36.0. The number of sulfonamides is 1. The van der Waals surface area contributed by atoms with Crippen LogP contribution in [0.25, 0.3) is 0 Å². The smallest absolute Gasteiger partial charge is 0.243 e. The molecular formula is C47H59N3O11S. The van der Waals surface area contributed by atoms with Gasteiger partial charge in [0.15, 0.2) is 6.29 Å². The minimum absolute atomic E-state index is 0.00271. The lowest BCUT2D eigenvalue weighted by Crippen LogP contribution is -2.70. The van der Waals surface area contributed by atoms with E-state index in [0.29, 0.717) is 65.5 Å². The molecule has 1 aliphatic heterocycles. The lowest BCUT2D eigenvalue weighted by Gasteiger charge is -2.59. The third-order valence-corrected chi connectivity index (χ3v) is 13.9. The van der Waals surface area contributed by atoms with Crippen molar-refractivity contribution >= 4 is 33.6 Å². The molecule has 1 heterocycles. The molecule has 15 heteroatoms. The maximum Gasteiger partial charge on any atom is 0.243 e. The van der Waals surface area contributed by atoms with Gasteiger partial charge in [0.2, 0.25) is 21.7 Å². The molecule has 0 saturated heterocycles. The van der Waals surface area contributed by atoms with Crippen molar-refractivity contribution in [2.24, 2.45) is 22.9 Å². The molecular weight excluding hydrogens is 815 g/mol. The summed E-state index contributed by atoms with van der Waals surface area (Å²) in [5, 5.41) is 27.1. The Morgan fingerprint density at radius 2 is 1.73 bits per heavy atom. The van der Waals surface area contributed by atoms with E-state index < -0.39 is 27.8 Å². The summed E-state index contributed by atoms with van der Waals surface area (Å²) < 4.78 is 57.6. The van der Waals surface area contributed by atoms with Crippen molar-refractivity contribution in [3.05, 3.63) is 96.1 Å². The predicted octanol–water partition coefficient (Wildman–Crippen LogP) is 7.62. The minimum atomic E-state index is -4.26. The van der Waals surface area contributed by atoms with E-state index in [0.717, 1.165) is 36.8 Å². The molecule has 1 amide bonds. The highest BCUT2D eigenvalue weighted by Crippen LogP contribution is 2.62. The molecule has 334 valence electrons. The first kappa shape index (κ1) is 46.4. The number of hydrogen-bond acceptors (Lipinski definition) is 12. The van der Waals surface area contributed by atoms with Crippen LogP contribution in [-0.2, 0) is 24.4 Å². The first-order chi connectivity index (χ1) is 30.0. The second-order valence-corrected chi connectivity index (χ2v) is 17.8. The molecule has 1 saturated carbocycles. The molecule has 3 aromatic carbocycles. The quantitative estimate of drug-likeness (QED) is 0.0391. The van der Waals surface area contributed by atoms with Crippen molar-refractivity contribution in [2.45, 2.75) is 87.9 Å². The summed E-state index contributed by atoms with van der Waals surface area (Å²) in [7, 11) is -1.29. The third-order valence-electron chi connectivity index (χ3n) is 12.0. The number of aliphatic hydroxyl groups is 2. The molecule has 0 bridgehead atoms. The van der Waals surface area contributed by atoms with Gasteiger partial charge in [-0.2, -0.15) is 4.31 Å².